The number of carbonyl (C=O) groups is 1. The predicted molar refractivity (Wildman–Crippen MR) is 104 cm³/mol. The molecule has 1 aliphatic rings. The van der Waals surface area contributed by atoms with Crippen LogP contribution < -0.4 is 0 Å². The van der Waals surface area contributed by atoms with E-state index in [0.29, 0.717) is 12.1 Å². The number of halogens is 1. The molecule has 0 radical (unpaired) electrons. The van der Waals surface area contributed by atoms with Crippen molar-refractivity contribution in [3.63, 3.8) is 0 Å². The van der Waals surface area contributed by atoms with Crippen LogP contribution in [0.5, 0.6) is 0 Å². The van der Waals surface area contributed by atoms with Crippen molar-refractivity contribution in [3.8, 4) is 11.1 Å². The number of amides is 1. The van der Waals surface area contributed by atoms with Crippen molar-refractivity contribution < 1.29 is 9.18 Å². The summed E-state index contributed by atoms with van der Waals surface area (Å²) in [7, 11) is 0. The Kier molecular flexibility index (Phi) is 5.23. The van der Waals surface area contributed by atoms with Crippen LogP contribution in [0.15, 0.2) is 36.7 Å². The Morgan fingerprint density at radius 1 is 1.21 bits per heavy atom. The van der Waals surface area contributed by atoms with E-state index in [1.54, 1.807) is 24.5 Å². The van der Waals surface area contributed by atoms with Gasteiger partial charge in [-0.2, -0.15) is 10.2 Å². The van der Waals surface area contributed by atoms with E-state index in [2.05, 4.69) is 27.3 Å². The molecule has 1 saturated heterocycles. The Hall–Kier alpha value is -2.96. The summed E-state index contributed by atoms with van der Waals surface area (Å²) in [6, 6.07) is 6.43. The minimum atomic E-state index is -0.258. The molecule has 0 bridgehead atoms. The highest BCUT2D eigenvalue weighted by Gasteiger charge is 2.29. The fraction of sp³-hybridized carbons (Fsp3) is 0.381. The lowest BCUT2D eigenvalue weighted by Crippen LogP contribution is -2.39. The molecule has 6 nitrogen and oxygen atoms in total. The van der Waals surface area contributed by atoms with E-state index >= 15 is 0 Å². The first-order valence-corrected chi connectivity index (χ1v) is 9.78. The maximum Gasteiger partial charge on any atom is 0.257 e. The van der Waals surface area contributed by atoms with Gasteiger partial charge in [-0.05, 0) is 37.0 Å². The lowest BCUT2D eigenvalue weighted by molar-refractivity contribution is 0.0705. The molecule has 0 aliphatic carbocycles. The largest absolute Gasteiger partial charge is 0.338 e. The molecule has 2 aromatic heterocycles. The summed E-state index contributed by atoms with van der Waals surface area (Å²) < 4.78 is 13.3. The van der Waals surface area contributed by atoms with Crippen molar-refractivity contribution in [2.45, 2.75) is 38.5 Å². The van der Waals surface area contributed by atoms with Gasteiger partial charge in [-0.15, -0.1) is 0 Å². The molecule has 28 heavy (non-hydrogen) atoms. The Morgan fingerprint density at radius 2 is 2.00 bits per heavy atom. The van der Waals surface area contributed by atoms with Crippen molar-refractivity contribution in [2.24, 2.45) is 0 Å². The quantitative estimate of drug-likeness (QED) is 0.703. The van der Waals surface area contributed by atoms with Crippen LogP contribution >= 0.6 is 0 Å². The number of piperidine rings is 1. The van der Waals surface area contributed by atoms with E-state index in [1.165, 1.54) is 12.1 Å². The molecule has 7 heteroatoms. The number of benzene rings is 1. The van der Waals surface area contributed by atoms with Crippen molar-refractivity contribution in [3.05, 3.63) is 59.4 Å². The second kappa shape index (κ2) is 7.96. The molecule has 3 aromatic rings. The summed E-state index contributed by atoms with van der Waals surface area (Å²) >= 11 is 0. The number of carbonyl (C=O) groups excluding carboxylic acids is 1. The van der Waals surface area contributed by atoms with Gasteiger partial charge in [0.25, 0.3) is 5.91 Å². The molecule has 0 spiro atoms. The normalized spacial score (nSPS) is 17.1. The monoisotopic (exact) mass is 381 g/mol. The van der Waals surface area contributed by atoms with Crippen LogP contribution in [0.3, 0.4) is 0 Å². The fourth-order valence-electron chi connectivity index (χ4n) is 3.97. The fourth-order valence-corrected chi connectivity index (χ4v) is 3.97. The molecule has 1 aliphatic heterocycles. The second-order valence-electron chi connectivity index (χ2n) is 7.31. The van der Waals surface area contributed by atoms with E-state index < -0.39 is 0 Å². The third-order valence-corrected chi connectivity index (χ3v) is 5.39. The average molecular weight is 381 g/mol. The van der Waals surface area contributed by atoms with Crippen LogP contribution in [-0.2, 0) is 6.42 Å². The molecule has 0 saturated carbocycles. The average Bonchev–Trinajstić information content (AvgIpc) is 3.38. The number of H-pyrrole nitrogens is 2. The first-order valence-electron chi connectivity index (χ1n) is 9.78. The molecule has 1 amide bonds. The molecule has 146 valence electrons. The van der Waals surface area contributed by atoms with Crippen LogP contribution in [0.2, 0.25) is 0 Å². The molecule has 1 aromatic carbocycles. The van der Waals surface area contributed by atoms with E-state index in [1.807, 2.05) is 4.90 Å². The molecule has 1 fully saturated rings. The zero-order valence-electron chi connectivity index (χ0n) is 15.9. The third-order valence-electron chi connectivity index (χ3n) is 5.39. The van der Waals surface area contributed by atoms with Crippen molar-refractivity contribution in [1.82, 2.24) is 25.3 Å². The number of nitrogens with one attached hydrogen (secondary N) is 2. The smallest absolute Gasteiger partial charge is 0.257 e. The van der Waals surface area contributed by atoms with Gasteiger partial charge in [-0.25, -0.2) is 4.39 Å². The third kappa shape index (κ3) is 3.56. The number of aromatic nitrogens is 4. The van der Waals surface area contributed by atoms with Gasteiger partial charge in [0.05, 0.1) is 18.0 Å². The van der Waals surface area contributed by atoms with E-state index in [4.69, 9.17) is 0 Å². The number of likely N-dealkylation sites (tertiary alicyclic amines) is 1. The summed E-state index contributed by atoms with van der Waals surface area (Å²) in [4.78, 5) is 15.0. The first-order chi connectivity index (χ1) is 13.7. The van der Waals surface area contributed by atoms with E-state index in [9.17, 15) is 9.18 Å². The second-order valence-corrected chi connectivity index (χ2v) is 7.31. The number of aryl methyl sites for hydroxylation is 1. The summed E-state index contributed by atoms with van der Waals surface area (Å²) in [6.07, 6.45) is 7.09. The number of rotatable bonds is 5. The van der Waals surface area contributed by atoms with Gasteiger partial charge in [0.15, 0.2) is 0 Å². The minimum absolute atomic E-state index is 0.0322. The summed E-state index contributed by atoms with van der Waals surface area (Å²) in [6.45, 7) is 3.46. The Morgan fingerprint density at radius 3 is 2.79 bits per heavy atom. The molecule has 1 unspecified atom stereocenters. The number of hydrogen-bond donors (Lipinski definition) is 2. The maximum atomic E-state index is 13.3. The zero-order chi connectivity index (χ0) is 19.5. The van der Waals surface area contributed by atoms with E-state index in [-0.39, 0.29) is 17.6 Å². The number of aromatic amines is 2. The highest BCUT2D eigenvalue weighted by Crippen LogP contribution is 2.33. The van der Waals surface area contributed by atoms with Crippen molar-refractivity contribution in [1.29, 1.82) is 0 Å². The summed E-state index contributed by atoms with van der Waals surface area (Å²) in [5, 5.41) is 14.4. The lowest BCUT2D eigenvalue weighted by Gasteiger charge is -2.32. The van der Waals surface area contributed by atoms with Crippen LogP contribution in [0, 0.1) is 5.82 Å². The summed E-state index contributed by atoms with van der Waals surface area (Å²) in [5.74, 6) is -0.0576. The zero-order valence-corrected chi connectivity index (χ0v) is 15.9. The van der Waals surface area contributed by atoms with Crippen LogP contribution in [0.25, 0.3) is 11.1 Å². The van der Waals surface area contributed by atoms with Gasteiger partial charge in [0.2, 0.25) is 0 Å². The van der Waals surface area contributed by atoms with Crippen molar-refractivity contribution >= 4 is 5.91 Å². The molecular formula is C21H24FN5O. The van der Waals surface area contributed by atoms with Crippen LogP contribution in [-0.4, -0.2) is 44.3 Å². The van der Waals surface area contributed by atoms with Gasteiger partial charge in [-0.1, -0.05) is 25.5 Å². The Balaban J connectivity index is 1.55. The van der Waals surface area contributed by atoms with E-state index in [0.717, 1.165) is 54.7 Å². The van der Waals surface area contributed by atoms with Crippen LogP contribution in [0.4, 0.5) is 4.39 Å². The SMILES string of the molecule is CCCc1[nH]ncc1C(=O)N1CCCC(c2[nH]ncc2-c2ccc(F)cc2)C1. The van der Waals surface area contributed by atoms with Gasteiger partial charge >= 0.3 is 0 Å². The Bertz CT molecular complexity index is 946. The van der Waals surface area contributed by atoms with Gasteiger partial charge in [0.1, 0.15) is 5.82 Å². The maximum absolute atomic E-state index is 13.3. The molecule has 2 N–H and O–H groups in total. The molecule has 4 rings (SSSR count). The molecule has 3 heterocycles. The summed E-state index contributed by atoms with van der Waals surface area (Å²) in [5.41, 5.74) is 4.47. The molecular weight excluding hydrogens is 357 g/mol. The highest BCUT2D eigenvalue weighted by molar-refractivity contribution is 5.95. The van der Waals surface area contributed by atoms with Crippen molar-refractivity contribution in [2.75, 3.05) is 13.1 Å². The first kappa shape index (κ1) is 18.4. The molecule has 1 atom stereocenters. The van der Waals surface area contributed by atoms with Gasteiger partial charge in [-0.3, -0.25) is 15.0 Å². The van der Waals surface area contributed by atoms with Gasteiger partial charge < -0.3 is 4.90 Å². The highest BCUT2D eigenvalue weighted by atomic mass is 19.1. The predicted octanol–water partition coefficient (Wildman–Crippen LogP) is 3.91. The minimum Gasteiger partial charge on any atom is -0.338 e. The Labute approximate surface area is 163 Å². The van der Waals surface area contributed by atoms with Crippen LogP contribution in [0.1, 0.15) is 53.8 Å². The number of hydrogen-bond acceptors (Lipinski definition) is 3. The lowest BCUT2D eigenvalue weighted by atomic mass is 9.90. The number of nitrogens with zero attached hydrogens (tertiary/aromatic N) is 3. The topological polar surface area (TPSA) is 77.7 Å². The standard InChI is InChI=1S/C21H24FN5O/c1-2-4-19-18(12-23-25-19)21(28)27-10-3-5-15(13-27)20-17(11-24-26-20)14-6-8-16(22)9-7-14/h6-9,11-12,15H,2-5,10,13H2,1H3,(H,23,25)(H,24,26). The van der Waals surface area contributed by atoms with Gasteiger partial charge in [0, 0.05) is 36.0 Å².